The number of piperazine rings is 1. The lowest BCUT2D eigenvalue weighted by molar-refractivity contribution is -0.0448. The van der Waals surface area contributed by atoms with Crippen molar-refractivity contribution in [2.75, 3.05) is 59.1 Å². The predicted molar refractivity (Wildman–Crippen MR) is 57.7 cm³/mol. The molecule has 0 spiro atoms. The van der Waals surface area contributed by atoms with E-state index in [1.165, 1.54) is 0 Å². The van der Waals surface area contributed by atoms with Gasteiger partial charge in [-0.25, -0.2) is 0 Å². The van der Waals surface area contributed by atoms with E-state index in [4.69, 9.17) is 9.84 Å². The van der Waals surface area contributed by atoms with Crippen LogP contribution in [0.5, 0.6) is 0 Å². The number of morpholine rings is 1. The van der Waals surface area contributed by atoms with Crippen LogP contribution >= 0.6 is 0 Å². The van der Waals surface area contributed by atoms with Gasteiger partial charge in [-0.1, -0.05) is 0 Å². The third-order valence-corrected chi connectivity index (χ3v) is 3.18. The summed E-state index contributed by atoms with van der Waals surface area (Å²) >= 11 is 0. The largest absolute Gasteiger partial charge is 0.395 e. The molecular formula is C10H21N3O2. The minimum absolute atomic E-state index is 0.251. The number of nitrogens with one attached hydrogen (secondary N) is 1. The summed E-state index contributed by atoms with van der Waals surface area (Å²) < 4.78 is 5.36. The molecule has 2 fully saturated rings. The van der Waals surface area contributed by atoms with Crippen molar-refractivity contribution in [1.82, 2.24) is 15.1 Å². The highest BCUT2D eigenvalue weighted by Crippen LogP contribution is 2.10. The molecule has 0 saturated carbocycles. The van der Waals surface area contributed by atoms with Gasteiger partial charge in [-0.2, -0.15) is 0 Å². The first-order valence-corrected chi connectivity index (χ1v) is 5.79. The fourth-order valence-corrected chi connectivity index (χ4v) is 2.36. The van der Waals surface area contributed by atoms with Crippen molar-refractivity contribution in [3.8, 4) is 0 Å². The van der Waals surface area contributed by atoms with Crippen molar-refractivity contribution in [3.63, 3.8) is 0 Å². The van der Waals surface area contributed by atoms with E-state index in [1.54, 1.807) is 0 Å². The summed E-state index contributed by atoms with van der Waals surface area (Å²) in [5, 5.41) is 12.4. The first-order valence-electron chi connectivity index (χ1n) is 5.79. The van der Waals surface area contributed by atoms with Gasteiger partial charge in [0.1, 0.15) is 0 Å². The second kappa shape index (κ2) is 5.77. The molecule has 1 atom stereocenters. The maximum absolute atomic E-state index is 9.03. The number of nitrogens with zero attached hydrogens (tertiary/aromatic N) is 2. The topological polar surface area (TPSA) is 48.0 Å². The third kappa shape index (κ3) is 2.89. The summed E-state index contributed by atoms with van der Waals surface area (Å²) in [5.74, 6) is 0. The lowest BCUT2D eigenvalue weighted by atomic mass is 10.2. The number of aliphatic hydroxyl groups excluding tert-OH is 1. The van der Waals surface area contributed by atoms with Gasteiger partial charge in [-0.05, 0) is 0 Å². The summed E-state index contributed by atoms with van der Waals surface area (Å²) in [4.78, 5) is 4.81. The predicted octanol–water partition coefficient (Wildman–Crippen LogP) is -1.46. The SMILES string of the molecule is OCCN1CCNCC1N1CCOCC1. The number of hydrogen-bond acceptors (Lipinski definition) is 5. The Morgan fingerprint density at radius 1 is 1.27 bits per heavy atom. The van der Waals surface area contributed by atoms with E-state index < -0.39 is 0 Å². The van der Waals surface area contributed by atoms with Gasteiger partial charge in [0.05, 0.1) is 26.0 Å². The lowest BCUT2D eigenvalue weighted by Crippen LogP contribution is -2.61. The molecule has 2 saturated heterocycles. The van der Waals surface area contributed by atoms with Gasteiger partial charge in [-0.15, -0.1) is 0 Å². The van der Waals surface area contributed by atoms with Crippen LogP contribution in [-0.4, -0.2) is 80.2 Å². The Morgan fingerprint density at radius 2 is 2.07 bits per heavy atom. The van der Waals surface area contributed by atoms with Crippen LogP contribution < -0.4 is 5.32 Å². The fraction of sp³-hybridized carbons (Fsp3) is 1.00. The molecule has 5 nitrogen and oxygen atoms in total. The summed E-state index contributed by atoms with van der Waals surface area (Å²) in [5.41, 5.74) is 0. The van der Waals surface area contributed by atoms with E-state index in [0.717, 1.165) is 52.5 Å². The molecule has 0 radical (unpaired) electrons. The van der Waals surface area contributed by atoms with E-state index in [-0.39, 0.29) is 6.61 Å². The molecule has 5 heteroatoms. The van der Waals surface area contributed by atoms with Crippen molar-refractivity contribution in [2.24, 2.45) is 0 Å². The molecule has 0 aromatic heterocycles. The van der Waals surface area contributed by atoms with Crippen LogP contribution in [-0.2, 0) is 4.74 Å². The highest BCUT2D eigenvalue weighted by atomic mass is 16.5. The molecular weight excluding hydrogens is 194 g/mol. The second-order valence-electron chi connectivity index (χ2n) is 4.09. The molecule has 15 heavy (non-hydrogen) atoms. The van der Waals surface area contributed by atoms with Gasteiger partial charge in [-0.3, -0.25) is 9.80 Å². The number of rotatable bonds is 3. The fourth-order valence-electron chi connectivity index (χ4n) is 2.36. The molecule has 2 N–H and O–H groups in total. The number of aliphatic hydroxyl groups is 1. The van der Waals surface area contributed by atoms with E-state index in [1.807, 2.05) is 0 Å². The molecule has 0 aromatic rings. The van der Waals surface area contributed by atoms with Crippen molar-refractivity contribution in [2.45, 2.75) is 6.17 Å². The average Bonchev–Trinajstić information content (AvgIpc) is 2.31. The first kappa shape index (κ1) is 11.3. The summed E-state index contributed by atoms with van der Waals surface area (Å²) in [6.45, 7) is 7.78. The zero-order valence-electron chi connectivity index (χ0n) is 9.19. The Balaban J connectivity index is 1.90. The standard InChI is InChI=1S/C10H21N3O2/c14-6-3-12-2-1-11-9-10(12)13-4-7-15-8-5-13/h10-11,14H,1-9H2. The van der Waals surface area contributed by atoms with Crippen molar-refractivity contribution in [1.29, 1.82) is 0 Å². The van der Waals surface area contributed by atoms with E-state index in [2.05, 4.69) is 15.1 Å². The molecule has 2 aliphatic heterocycles. The first-order chi connectivity index (χ1) is 7.42. The monoisotopic (exact) mass is 215 g/mol. The Labute approximate surface area is 91.0 Å². The maximum Gasteiger partial charge on any atom is 0.0753 e. The minimum atomic E-state index is 0.251. The average molecular weight is 215 g/mol. The Hall–Kier alpha value is -0.200. The number of ether oxygens (including phenoxy) is 1. The van der Waals surface area contributed by atoms with Gasteiger partial charge in [0.25, 0.3) is 0 Å². The van der Waals surface area contributed by atoms with Crippen molar-refractivity contribution >= 4 is 0 Å². The molecule has 0 aromatic carbocycles. The van der Waals surface area contributed by atoms with Crippen LogP contribution in [0.4, 0.5) is 0 Å². The van der Waals surface area contributed by atoms with Gasteiger partial charge >= 0.3 is 0 Å². The van der Waals surface area contributed by atoms with E-state index in [0.29, 0.717) is 6.17 Å². The molecule has 0 amide bonds. The Kier molecular flexibility index (Phi) is 4.34. The Morgan fingerprint density at radius 3 is 2.80 bits per heavy atom. The van der Waals surface area contributed by atoms with E-state index >= 15 is 0 Å². The van der Waals surface area contributed by atoms with Gasteiger partial charge in [0, 0.05) is 39.3 Å². The molecule has 2 heterocycles. The van der Waals surface area contributed by atoms with Crippen LogP contribution in [0, 0.1) is 0 Å². The normalized spacial score (nSPS) is 30.6. The van der Waals surface area contributed by atoms with Gasteiger partial charge < -0.3 is 15.2 Å². The molecule has 2 rings (SSSR count). The van der Waals surface area contributed by atoms with E-state index in [9.17, 15) is 0 Å². The highest BCUT2D eigenvalue weighted by molar-refractivity contribution is 4.81. The van der Waals surface area contributed by atoms with Crippen LogP contribution in [0.1, 0.15) is 0 Å². The summed E-state index contributed by atoms with van der Waals surface area (Å²) in [6.07, 6.45) is 0.440. The van der Waals surface area contributed by atoms with Gasteiger partial charge in [0.2, 0.25) is 0 Å². The lowest BCUT2D eigenvalue weighted by Gasteiger charge is -2.44. The second-order valence-corrected chi connectivity index (χ2v) is 4.09. The third-order valence-electron chi connectivity index (χ3n) is 3.18. The quantitative estimate of drug-likeness (QED) is 0.603. The zero-order chi connectivity index (χ0) is 10.5. The summed E-state index contributed by atoms with van der Waals surface area (Å²) in [7, 11) is 0. The van der Waals surface area contributed by atoms with Crippen LogP contribution in [0.3, 0.4) is 0 Å². The maximum atomic E-state index is 9.03. The highest BCUT2D eigenvalue weighted by Gasteiger charge is 2.28. The Bertz CT molecular complexity index is 173. The molecule has 0 aliphatic carbocycles. The van der Waals surface area contributed by atoms with Crippen LogP contribution in [0.25, 0.3) is 0 Å². The molecule has 1 unspecified atom stereocenters. The van der Waals surface area contributed by atoms with Crippen LogP contribution in [0.15, 0.2) is 0 Å². The van der Waals surface area contributed by atoms with Crippen molar-refractivity contribution < 1.29 is 9.84 Å². The number of β-amino-alcohol motifs (C(OH)–C–C–N with tert-alkyl or cyclic N) is 1. The van der Waals surface area contributed by atoms with Crippen LogP contribution in [0.2, 0.25) is 0 Å². The molecule has 0 bridgehead atoms. The minimum Gasteiger partial charge on any atom is -0.395 e. The zero-order valence-corrected chi connectivity index (χ0v) is 9.19. The summed E-state index contributed by atoms with van der Waals surface area (Å²) in [6, 6.07) is 0. The van der Waals surface area contributed by atoms with Crippen molar-refractivity contribution in [3.05, 3.63) is 0 Å². The number of hydrogen-bond donors (Lipinski definition) is 2. The molecule has 88 valence electrons. The smallest absolute Gasteiger partial charge is 0.0753 e. The van der Waals surface area contributed by atoms with Gasteiger partial charge in [0.15, 0.2) is 0 Å². The molecule has 2 aliphatic rings.